The maximum atomic E-state index is 12.3. The summed E-state index contributed by atoms with van der Waals surface area (Å²) in [6.45, 7) is 1.48. The van der Waals surface area contributed by atoms with E-state index in [9.17, 15) is 9.59 Å². The summed E-state index contributed by atoms with van der Waals surface area (Å²) >= 11 is 0. The van der Waals surface area contributed by atoms with Gasteiger partial charge in [-0.15, -0.1) is 0 Å². The van der Waals surface area contributed by atoms with Crippen LogP contribution in [-0.2, 0) is 4.79 Å². The monoisotopic (exact) mass is 276 g/mol. The number of benzene rings is 1. The Bertz CT molecular complexity index is 472. The Morgan fingerprint density at radius 1 is 1.15 bits per heavy atom. The minimum absolute atomic E-state index is 0.147. The fourth-order valence-corrected chi connectivity index (χ4v) is 2.55. The molecule has 1 aromatic carbocycles. The van der Waals surface area contributed by atoms with Crippen molar-refractivity contribution < 1.29 is 19.4 Å². The molecule has 1 aromatic rings. The molecule has 2 rings (SSSR count). The number of rotatable bonds is 5. The molecule has 0 spiro atoms. The zero-order valence-electron chi connectivity index (χ0n) is 11.7. The molecule has 0 heterocycles. The van der Waals surface area contributed by atoms with Crippen LogP contribution in [-0.4, -0.2) is 23.0 Å². The van der Waals surface area contributed by atoms with Gasteiger partial charge < -0.3 is 9.84 Å². The number of hydrogen-bond donors (Lipinski definition) is 1. The van der Waals surface area contributed by atoms with Crippen molar-refractivity contribution in [2.24, 2.45) is 5.92 Å². The van der Waals surface area contributed by atoms with Crippen molar-refractivity contribution in [3.63, 3.8) is 0 Å². The summed E-state index contributed by atoms with van der Waals surface area (Å²) in [5.74, 6) is -0.191. The number of carbonyl (C=O) groups excluding carboxylic acids is 1. The normalized spacial score (nSPS) is 17.4. The predicted octanol–water partition coefficient (Wildman–Crippen LogP) is 3.30. The number of aliphatic carboxylic acids is 1. The van der Waals surface area contributed by atoms with Crippen LogP contribution in [0.5, 0.6) is 5.75 Å². The Balaban J connectivity index is 2.00. The van der Waals surface area contributed by atoms with Crippen molar-refractivity contribution in [2.45, 2.75) is 45.1 Å². The molecule has 0 amide bonds. The van der Waals surface area contributed by atoms with E-state index >= 15 is 0 Å². The highest BCUT2D eigenvalue weighted by Gasteiger charge is 2.22. The summed E-state index contributed by atoms with van der Waals surface area (Å²) in [6.07, 6.45) is 4.56. The summed E-state index contributed by atoms with van der Waals surface area (Å²) in [5.41, 5.74) is 0.687. The first-order valence-electron chi connectivity index (χ1n) is 7.11. The van der Waals surface area contributed by atoms with Crippen molar-refractivity contribution in [2.75, 3.05) is 0 Å². The predicted molar refractivity (Wildman–Crippen MR) is 75.1 cm³/mol. The molecule has 0 aromatic heterocycles. The van der Waals surface area contributed by atoms with Gasteiger partial charge in [0.15, 0.2) is 11.9 Å². The van der Waals surface area contributed by atoms with Crippen molar-refractivity contribution in [3.05, 3.63) is 29.8 Å². The van der Waals surface area contributed by atoms with E-state index < -0.39 is 12.1 Å². The molecule has 1 aliphatic carbocycles. The van der Waals surface area contributed by atoms with Crippen molar-refractivity contribution in [1.29, 1.82) is 0 Å². The zero-order chi connectivity index (χ0) is 14.5. The molecule has 0 saturated heterocycles. The summed E-state index contributed by atoms with van der Waals surface area (Å²) in [4.78, 5) is 23.0. The molecular formula is C16H20O4. The highest BCUT2D eigenvalue weighted by Crippen LogP contribution is 2.27. The first-order chi connectivity index (χ1) is 9.58. The molecular weight excluding hydrogens is 256 g/mol. The molecule has 1 aliphatic rings. The van der Waals surface area contributed by atoms with E-state index in [2.05, 4.69) is 0 Å². The van der Waals surface area contributed by atoms with Crippen LogP contribution in [0.1, 0.15) is 49.4 Å². The van der Waals surface area contributed by atoms with Crippen molar-refractivity contribution in [1.82, 2.24) is 0 Å². The SMILES string of the molecule is C[C@@H](Oc1ccc(C(=O)C2CCCCC2)cc1)C(=O)O. The lowest BCUT2D eigenvalue weighted by Gasteiger charge is -2.20. The van der Waals surface area contributed by atoms with E-state index in [1.54, 1.807) is 24.3 Å². The van der Waals surface area contributed by atoms with Crippen LogP contribution in [0, 0.1) is 5.92 Å². The highest BCUT2D eigenvalue weighted by atomic mass is 16.5. The Morgan fingerprint density at radius 2 is 1.75 bits per heavy atom. The fourth-order valence-electron chi connectivity index (χ4n) is 2.55. The van der Waals surface area contributed by atoms with Crippen LogP contribution in [0.3, 0.4) is 0 Å². The van der Waals surface area contributed by atoms with Gasteiger partial charge in [0.2, 0.25) is 0 Å². The second-order valence-electron chi connectivity index (χ2n) is 5.32. The number of Topliss-reactive ketones (excluding diaryl/α,β-unsaturated/α-hetero) is 1. The largest absolute Gasteiger partial charge is 0.479 e. The lowest BCUT2D eigenvalue weighted by Crippen LogP contribution is -2.23. The van der Waals surface area contributed by atoms with E-state index in [1.807, 2.05) is 0 Å². The Kier molecular flexibility index (Phi) is 4.77. The zero-order valence-corrected chi connectivity index (χ0v) is 11.7. The van der Waals surface area contributed by atoms with Crippen LogP contribution in [0.15, 0.2) is 24.3 Å². The molecule has 0 unspecified atom stereocenters. The van der Waals surface area contributed by atoms with E-state index in [1.165, 1.54) is 13.3 Å². The molecule has 1 saturated carbocycles. The van der Waals surface area contributed by atoms with Gasteiger partial charge in [0.25, 0.3) is 0 Å². The number of ketones is 1. The number of carbonyl (C=O) groups is 2. The topological polar surface area (TPSA) is 63.6 Å². The molecule has 1 fully saturated rings. The molecule has 4 nitrogen and oxygen atoms in total. The molecule has 20 heavy (non-hydrogen) atoms. The Morgan fingerprint density at radius 3 is 2.30 bits per heavy atom. The van der Waals surface area contributed by atoms with Crippen molar-refractivity contribution >= 4 is 11.8 Å². The van der Waals surface area contributed by atoms with E-state index in [-0.39, 0.29) is 11.7 Å². The maximum absolute atomic E-state index is 12.3. The van der Waals surface area contributed by atoms with Gasteiger partial charge >= 0.3 is 5.97 Å². The van der Waals surface area contributed by atoms with Gasteiger partial charge in [-0.3, -0.25) is 4.79 Å². The molecule has 4 heteroatoms. The minimum atomic E-state index is -1.01. The molecule has 1 atom stereocenters. The Hall–Kier alpha value is -1.84. The van der Waals surface area contributed by atoms with Crippen LogP contribution in [0.4, 0.5) is 0 Å². The molecule has 0 radical (unpaired) electrons. The smallest absolute Gasteiger partial charge is 0.344 e. The van der Waals surface area contributed by atoms with Crippen LogP contribution >= 0.6 is 0 Å². The first kappa shape index (κ1) is 14.6. The maximum Gasteiger partial charge on any atom is 0.344 e. The molecule has 0 bridgehead atoms. The van der Waals surface area contributed by atoms with Crippen LogP contribution in [0.25, 0.3) is 0 Å². The third-order valence-corrected chi connectivity index (χ3v) is 3.78. The molecule has 0 aliphatic heterocycles. The van der Waals surface area contributed by atoms with Gasteiger partial charge in [0, 0.05) is 11.5 Å². The van der Waals surface area contributed by atoms with Gasteiger partial charge in [0.1, 0.15) is 5.75 Å². The summed E-state index contributed by atoms with van der Waals surface area (Å²) in [7, 11) is 0. The average molecular weight is 276 g/mol. The fraction of sp³-hybridized carbons (Fsp3) is 0.500. The third kappa shape index (κ3) is 3.59. The standard InChI is InChI=1S/C16H20O4/c1-11(16(18)19)20-14-9-7-13(8-10-14)15(17)12-5-3-2-4-6-12/h7-12H,2-6H2,1H3,(H,18,19)/t11-/m1/s1. The number of carboxylic acids is 1. The first-order valence-corrected chi connectivity index (χ1v) is 7.11. The van der Waals surface area contributed by atoms with E-state index in [4.69, 9.17) is 9.84 Å². The minimum Gasteiger partial charge on any atom is -0.479 e. The van der Waals surface area contributed by atoms with Crippen LogP contribution < -0.4 is 4.74 Å². The lowest BCUT2D eigenvalue weighted by molar-refractivity contribution is -0.144. The Labute approximate surface area is 118 Å². The van der Waals surface area contributed by atoms with E-state index in [0.29, 0.717) is 11.3 Å². The number of ether oxygens (including phenoxy) is 1. The number of hydrogen-bond acceptors (Lipinski definition) is 3. The highest BCUT2D eigenvalue weighted by molar-refractivity contribution is 5.98. The van der Waals surface area contributed by atoms with Gasteiger partial charge in [-0.25, -0.2) is 4.79 Å². The molecule has 108 valence electrons. The van der Waals surface area contributed by atoms with Gasteiger partial charge in [-0.05, 0) is 44.0 Å². The van der Waals surface area contributed by atoms with E-state index in [0.717, 1.165) is 25.7 Å². The second kappa shape index (κ2) is 6.55. The van der Waals surface area contributed by atoms with Gasteiger partial charge in [-0.1, -0.05) is 19.3 Å². The lowest BCUT2D eigenvalue weighted by atomic mass is 9.84. The van der Waals surface area contributed by atoms with Crippen LogP contribution in [0.2, 0.25) is 0 Å². The van der Waals surface area contributed by atoms with Gasteiger partial charge in [0.05, 0.1) is 0 Å². The quantitative estimate of drug-likeness (QED) is 0.838. The third-order valence-electron chi connectivity index (χ3n) is 3.78. The van der Waals surface area contributed by atoms with Gasteiger partial charge in [-0.2, -0.15) is 0 Å². The summed E-state index contributed by atoms with van der Waals surface area (Å²) in [5, 5.41) is 8.78. The van der Waals surface area contributed by atoms with Crippen molar-refractivity contribution in [3.8, 4) is 5.75 Å². The average Bonchev–Trinajstić information content (AvgIpc) is 2.48. The molecule has 1 N–H and O–H groups in total. The second-order valence-corrected chi connectivity index (χ2v) is 5.32. The summed E-state index contributed by atoms with van der Waals surface area (Å²) < 4.78 is 5.25. The summed E-state index contributed by atoms with van der Waals surface area (Å²) in [6, 6.07) is 6.77. The number of carboxylic acid groups (broad SMARTS) is 1.